The van der Waals surface area contributed by atoms with Crippen molar-refractivity contribution in [2.24, 2.45) is 0 Å². The summed E-state index contributed by atoms with van der Waals surface area (Å²) in [6.45, 7) is 0.946. The molecule has 1 atom stereocenters. The number of aryl methyl sites for hydroxylation is 1. The van der Waals surface area contributed by atoms with Gasteiger partial charge in [-0.1, -0.05) is 36.4 Å². The molecule has 4 nitrogen and oxygen atoms in total. The molecule has 0 bridgehead atoms. The molecule has 23 heavy (non-hydrogen) atoms. The second kappa shape index (κ2) is 7.27. The summed E-state index contributed by atoms with van der Waals surface area (Å²) < 4.78 is 1.48. The zero-order valence-corrected chi connectivity index (χ0v) is 13.2. The fourth-order valence-electron chi connectivity index (χ4n) is 3.27. The third-order valence-corrected chi connectivity index (χ3v) is 4.51. The molecule has 1 aliphatic heterocycles. The van der Waals surface area contributed by atoms with Gasteiger partial charge in [0.1, 0.15) is 6.54 Å². The van der Waals surface area contributed by atoms with Crippen LogP contribution in [0.25, 0.3) is 0 Å². The van der Waals surface area contributed by atoms with Gasteiger partial charge in [0.2, 0.25) is 5.91 Å². The van der Waals surface area contributed by atoms with Crippen LogP contribution in [0.5, 0.6) is 0 Å². The van der Waals surface area contributed by atoms with Crippen molar-refractivity contribution >= 4 is 5.91 Å². The van der Waals surface area contributed by atoms with Crippen LogP contribution in [0.2, 0.25) is 0 Å². The third kappa shape index (κ3) is 3.89. The van der Waals surface area contributed by atoms with Gasteiger partial charge in [0.15, 0.2) is 0 Å². The summed E-state index contributed by atoms with van der Waals surface area (Å²) in [5, 5.41) is 0. The van der Waals surface area contributed by atoms with E-state index in [0.717, 1.165) is 32.2 Å². The van der Waals surface area contributed by atoms with E-state index < -0.39 is 0 Å². The van der Waals surface area contributed by atoms with E-state index in [1.165, 1.54) is 16.2 Å². The highest BCUT2D eigenvalue weighted by Gasteiger charge is 2.28. The van der Waals surface area contributed by atoms with Crippen LogP contribution in [0.3, 0.4) is 0 Å². The lowest BCUT2D eigenvalue weighted by Gasteiger charge is -2.25. The van der Waals surface area contributed by atoms with Gasteiger partial charge in [-0.2, -0.15) is 0 Å². The highest BCUT2D eigenvalue weighted by Crippen LogP contribution is 2.22. The second-order valence-electron chi connectivity index (χ2n) is 6.07. The maximum atomic E-state index is 12.6. The van der Waals surface area contributed by atoms with Crippen LogP contribution in [0.15, 0.2) is 59.5 Å². The van der Waals surface area contributed by atoms with Gasteiger partial charge in [-0.05, 0) is 37.3 Å². The fraction of sp³-hybridized carbons (Fsp3) is 0.368. The van der Waals surface area contributed by atoms with Crippen molar-refractivity contribution in [2.45, 2.75) is 38.3 Å². The van der Waals surface area contributed by atoms with Crippen molar-refractivity contribution in [2.75, 3.05) is 6.54 Å². The number of amides is 1. The third-order valence-electron chi connectivity index (χ3n) is 4.51. The SMILES string of the molecule is O=C(Cn1ccccc1=O)N1CCCC1CCc1ccccc1. The number of carbonyl (C=O) groups excluding carboxylic acids is 1. The lowest BCUT2D eigenvalue weighted by Crippen LogP contribution is -2.39. The van der Waals surface area contributed by atoms with E-state index in [9.17, 15) is 9.59 Å². The van der Waals surface area contributed by atoms with Crippen LogP contribution < -0.4 is 5.56 Å². The first kappa shape index (κ1) is 15.5. The number of carbonyl (C=O) groups is 1. The quantitative estimate of drug-likeness (QED) is 0.851. The van der Waals surface area contributed by atoms with Crippen molar-refractivity contribution in [3.05, 3.63) is 70.6 Å². The first-order valence-corrected chi connectivity index (χ1v) is 8.23. The number of likely N-dealkylation sites (tertiary alicyclic amines) is 1. The maximum Gasteiger partial charge on any atom is 0.250 e. The van der Waals surface area contributed by atoms with E-state index in [4.69, 9.17) is 0 Å². The molecule has 4 heteroatoms. The van der Waals surface area contributed by atoms with E-state index in [1.54, 1.807) is 18.3 Å². The largest absolute Gasteiger partial charge is 0.338 e. The molecule has 1 aromatic carbocycles. The number of nitrogens with zero attached hydrogens (tertiary/aromatic N) is 2. The van der Waals surface area contributed by atoms with Crippen LogP contribution in [-0.2, 0) is 17.8 Å². The van der Waals surface area contributed by atoms with Crippen LogP contribution in [-0.4, -0.2) is 28.0 Å². The van der Waals surface area contributed by atoms with Crippen molar-refractivity contribution in [1.82, 2.24) is 9.47 Å². The summed E-state index contributed by atoms with van der Waals surface area (Å²) in [5.74, 6) is 0.0499. The smallest absolute Gasteiger partial charge is 0.250 e. The summed E-state index contributed by atoms with van der Waals surface area (Å²) in [5.41, 5.74) is 1.19. The van der Waals surface area contributed by atoms with Crippen molar-refractivity contribution in [3.8, 4) is 0 Å². The molecule has 2 heterocycles. The Labute approximate surface area is 136 Å². The van der Waals surface area contributed by atoms with Gasteiger partial charge in [0.05, 0.1) is 0 Å². The molecule has 2 aromatic rings. The van der Waals surface area contributed by atoms with Gasteiger partial charge >= 0.3 is 0 Å². The van der Waals surface area contributed by atoms with Gasteiger partial charge in [-0.3, -0.25) is 9.59 Å². The van der Waals surface area contributed by atoms with Gasteiger partial charge in [-0.25, -0.2) is 0 Å². The summed E-state index contributed by atoms with van der Waals surface area (Å²) in [6, 6.07) is 15.6. The van der Waals surface area contributed by atoms with Crippen molar-refractivity contribution in [3.63, 3.8) is 0 Å². The highest BCUT2D eigenvalue weighted by atomic mass is 16.2. The topological polar surface area (TPSA) is 42.3 Å². The zero-order chi connectivity index (χ0) is 16.1. The minimum absolute atomic E-state index is 0.0499. The fourth-order valence-corrected chi connectivity index (χ4v) is 3.27. The number of hydrogen-bond acceptors (Lipinski definition) is 2. The second-order valence-corrected chi connectivity index (χ2v) is 6.07. The van der Waals surface area contributed by atoms with E-state index in [1.807, 2.05) is 11.0 Å². The average molecular weight is 310 g/mol. The Kier molecular flexibility index (Phi) is 4.91. The monoisotopic (exact) mass is 310 g/mol. The molecule has 120 valence electrons. The van der Waals surface area contributed by atoms with Crippen molar-refractivity contribution < 1.29 is 4.79 Å². The molecule has 1 unspecified atom stereocenters. The van der Waals surface area contributed by atoms with Crippen LogP contribution >= 0.6 is 0 Å². The number of hydrogen-bond donors (Lipinski definition) is 0. The molecule has 0 spiro atoms. The number of aromatic nitrogens is 1. The standard InChI is InChI=1S/C19H22N2O2/c22-18-10-4-5-13-20(18)15-19(23)21-14-6-9-17(21)12-11-16-7-2-1-3-8-16/h1-5,7-8,10,13,17H,6,9,11-12,14-15H2. The van der Waals surface area contributed by atoms with E-state index in [-0.39, 0.29) is 18.0 Å². The molecule has 0 saturated carbocycles. The maximum absolute atomic E-state index is 12.6. The lowest BCUT2D eigenvalue weighted by molar-refractivity contribution is -0.132. The molecule has 1 saturated heterocycles. The van der Waals surface area contributed by atoms with E-state index >= 15 is 0 Å². The molecular weight excluding hydrogens is 288 g/mol. The molecular formula is C19H22N2O2. The molecule has 1 amide bonds. The first-order valence-electron chi connectivity index (χ1n) is 8.23. The van der Waals surface area contributed by atoms with Gasteiger partial charge in [0, 0.05) is 24.8 Å². The number of benzene rings is 1. The minimum atomic E-state index is -0.124. The Morgan fingerprint density at radius 3 is 2.65 bits per heavy atom. The molecule has 1 fully saturated rings. The predicted octanol–water partition coefficient (Wildman–Crippen LogP) is 2.47. The molecule has 1 aliphatic rings. The van der Waals surface area contributed by atoms with Gasteiger partial charge < -0.3 is 9.47 Å². The predicted molar refractivity (Wildman–Crippen MR) is 90.2 cm³/mol. The van der Waals surface area contributed by atoms with Gasteiger partial charge in [0.25, 0.3) is 5.56 Å². The Balaban J connectivity index is 1.61. The summed E-state index contributed by atoms with van der Waals surface area (Å²) >= 11 is 0. The zero-order valence-electron chi connectivity index (χ0n) is 13.2. The highest BCUT2D eigenvalue weighted by molar-refractivity contribution is 5.76. The number of rotatable bonds is 5. The van der Waals surface area contributed by atoms with Crippen LogP contribution in [0, 0.1) is 0 Å². The summed E-state index contributed by atoms with van der Waals surface area (Å²) in [6.07, 6.45) is 5.76. The van der Waals surface area contributed by atoms with Crippen LogP contribution in [0.4, 0.5) is 0 Å². The molecule has 0 aliphatic carbocycles. The normalized spacial score (nSPS) is 17.4. The molecule has 0 N–H and O–H groups in total. The molecule has 1 aromatic heterocycles. The Morgan fingerprint density at radius 1 is 1.09 bits per heavy atom. The number of pyridine rings is 1. The van der Waals surface area contributed by atoms with E-state index in [2.05, 4.69) is 24.3 Å². The Hall–Kier alpha value is -2.36. The summed E-state index contributed by atoms with van der Waals surface area (Å²) in [7, 11) is 0. The Bertz CT molecular complexity index is 709. The van der Waals surface area contributed by atoms with Crippen molar-refractivity contribution in [1.29, 1.82) is 0 Å². The van der Waals surface area contributed by atoms with Crippen LogP contribution in [0.1, 0.15) is 24.8 Å². The molecule has 3 rings (SSSR count). The first-order chi connectivity index (χ1) is 11.2. The minimum Gasteiger partial charge on any atom is -0.338 e. The van der Waals surface area contributed by atoms with Gasteiger partial charge in [-0.15, -0.1) is 0 Å². The lowest BCUT2D eigenvalue weighted by atomic mass is 10.0. The Morgan fingerprint density at radius 2 is 1.87 bits per heavy atom. The average Bonchev–Trinajstić information content (AvgIpc) is 3.05. The summed E-state index contributed by atoms with van der Waals surface area (Å²) in [4.78, 5) is 26.3. The van der Waals surface area contributed by atoms with E-state index in [0.29, 0.717) is 6.04 Å². The molecule has 0 radical (unpaired) electrons.